The molecule has 2 rings (SSSR count). The van der Waals surface area contributed by atoms with Crippen LogP contribution in [0.25, 0.3) is 0 Å². The van der Waals surface area contributed by atoms with Gasteiger partial charge in [0.25, 0.3) is 0 Å². The molecule has 1 saturated carbocycles. The predicted octanol–water partition coefficient (Wildman–Crippen LogP) is 3.64. The third-order valence-electron chi connectivity index (χ3n) is 4.02. The number of unbranched alkanes of at least 4 members (excludes halogenated alkanes) is 1. The van der Waals surface area contributed by atoms with Crippen LogP contribution in [0.4, 0.5) is 0 Å². The predicted molar refractivity (Wildman–Crippen MR) is 89.0 cm³/mol. The molecule has 0 amide bonds. The summed E-state index contributed by atoms with van der Waals surface area (Å²) in [5.41, 5.74) is 1.27. The molecule has 0 aromatic heterocycles. The smallest absolute Gasteiger partial charge is 0.175 e. The van der Waals surface area contributed by atoms with Gasteiger partial charge in [-0.05, 0) is 60.2 Å². The van der Waals surface area contributed by atoms with E-state index in [1.807, 2.05) is 0 Å². The van der Waals surface area contributed by atoms with Crippen LogP contribution in [0.2, 0.25) is 0 Å². The highest BCUT2D eigenvalue weighted by Crippen LogP contribution is 2.39. The Bertz CT molecular complexity index is 445. The Labute approximate surface area is 136 Å². The second-order valence-electron chi connectivity index (χ2n) is 5.77. The number of rotatable bonds is 8. The summed E-state index contributed by atoms with van der Waals surface area (Å²) in [7, 11) is 1.72. The number of ether oxygens (including phenoxy) is 2. The molecule has 1 aromatic rings. The fourth-order valence-corrected chi connectivity index (χ4v) is 3.38. The molecule has 21 heavy (non-hydrogen) atoms. The first-order valence-corrected chi connectivity index (χ1v) is 8.88. The van der Waals surface area contributed by atoms with Gasteiger partial charge in [-0.25, -0.2) is 0 Å². The molecular formula is C17H27BrNO2+. The SMILES string of the molecule is CCCC[NH2+]Cc1cc(Br)c(OC2CCCC2)c(OC)c1. The molecule has 0 saturated heterocycles. The van der Waals surface area contributed by atoms with E-state index in [-0.39, 0.29) is 0 Å². The van der Waals surface area contributed by atoms with E-state index in [0.29, 0.717) is 6.10 Å². The first-order valence-electron chi connectivity index (χ1n) is 8.09. The van der Waals surface area contributed by atoms with Gasteiger partial charge in [0.2, 0.25) is 0 Å². The van der Waals surface area contributed by atoms with Crippen molar-refractivity contribution in [1.29, 1.82) is 0 Å². The van der Waals surface area contributed by atoms with Gasteiger partial charge in [0.1, 0.15) is 6.54 Å². The van der Waals surface area contributed by atoms with Gasteiger partial charge in [0.15, 0.2) is 11.5 Å². The Morgan fingerprint density at radius 3 is 2.71 bits per heavy atom. The van der Waals surface area contributed by atoms with Crippen LogP contribution in [0, 0.1) is 0 Å². The molecule has 3 nitrogen and oxygen atoms in total. The van der Waals surface area contributed by atoms with Crippen molar-refractivity contribution in [3.8, 4) is 11.5 Å². The molecule has 0 unspecified atom stereocenters. The van der Waals surface area contributed by atoms with Crippen LogP contribution in [0.3, 0.4) is 0 Å². The summed E-state index contributed by atoms with van der Waals surface area (Å²) in [6.45, 7) is 4.39. The topological polar surface area (TPSA) is 35.1 Å². The van der Waals surface area contributed by atoms with Crippen LogP contribution in [0.5, 0.6) is 11.5 Å². The van der Waals surface area contributed by atoms with Crippen molar-refractivity contribution >= 4 is 15.9 Å². The summed E-state index contributed by atoms with van der Waals surface area (Å²) in [6, 6.07) is 4.27. The first-order chi connectivity index (χ1) is 10.2. The number of nitrogens with two attached hydrogens (primary N) is 1. The van der Waals surface area contributed by atoms with E-state index in [1.54, 1.807) is 7.11 Å². The summed E-state index contributed by atoms with van der Waals surface area (Å²) in [5.74, 6) is 1.71. The highest BCUT2D eigenvalue weighted by Gasteiger charge is 2.20. The van der Waals surface area contributed by atoms with Crippen LogP contribution in [0.15, 0.2) is 16.6 Å². The van der Waals surface area contributed by atoms with Crippen molar-refractivity contribution in [2.45, 2.75) is 58.1 Å². The van der Waals surface area contributed by atoms with E-state index >= 15 is 0 Å². The molecular weight excluding hydrogens is 330 g/mol. The maximum atomic E-state index is 6.14. The zero-order valence-electron chi connectivity index (χ0n) is 13.2. The Balaban J connectivity index is 2.03. The van der Waals surface area contributed by atoms with Crippen LogP contribution < -0.4 is 14.8 Å². The van der Waals surface area contributed by atoms with Gasteiger partial charge >= 0.3 is 0 Å². The van der Waals surface area contributed by atoms with Crippen molar-refractivity contribution < 1.29 is 14.8 Å². The summed E-state index contributed by atoms with van der Waals surface area (Å²) in [6.07, 6.45) is 7.71. The van der Waals surface area contributed by atoms with Gasteiger partial charge in [-0.3, -0.25) is 0 Å². The number of halogens is 1. The number of hydrogen-bond donors (Lipinski definition) is 1. The minimum Gasteiger partial charge on any atom is -0.493 e. The summed E-state index contributed by atoms with van der Waals surface area (Å²) >= 11 is 3.65. The molecule has 0 radical (unpaired) electrons. The van der Waals surface area contributed by atoms with Gasteiger partial charge in [-0.1, -0.05) is 13.3 Å². The Kier molecular flexibility index (Phi) is 6.84. The fourth-order valence-electron chi connectivity index (χ4n) is 2.80. The van der Waals surface area contributed by atoms with Crippen molar-refractivity contribution in [2.75, 3.05) is 13.7 Å². The van der Waals surface area contributed by atoms with Gasteiger partial charge in [-0.2, -0.15) is 0 Å². The number of hydrogen-bond acceptors (Lipinski definition) is 2. The number of benzene rings is 1. The van der Waals surface area contributed by atoms with Crippen molar-refractivity contribution in [3.63, 3.8) is 0 Å². The van der Waals surface area contributed by atoms with E-state index < -0.39 is 0 Å². The molecule has 0 heterocycles. The lowest BCUT2D eigenvalue weighted by atomic mass is 10.2. The third-order valence-corrected chi connectivity index (χ3v) is 4.61. The van der Waals surface area contributed by atoms with Crippen molar-refractivity contribution in [3.05, 3.63) is 22.2 Å². The van der Waals surface area contributed by atoms with Crippen LogP contribution >= 0.6 is 15.9 Å². The second-order valence-corrected chi connectivity index (χ2v) is 6.62. The molecule has 0 bridgehead atoms. The highest BCUT2D eigenvalue weighted by atomic mass is 79.9. The second kappa shape index (κ2) is 8.64. The minimum absolute atomic E-state index is 0.345. The van der Waals surface area contributed by atoms with Crippen LogP contribution in [-0.2, 0) is 6.54 Å². The summed E-state index contributed by atoms with van der Waals surface area (Å²) in [4.78, 5) is 0. The van der Waals surface area contributed by atoms with E-state index in [2.05, 4.69) is 40.3 Å². The molecule has 1 aromatic carbocycles. The summed E-state index contributed by atoms with van der Waals surface area (Å²) in [5, 5.41) is 2.35. The zero-order valence-corrected chi connectivity index (χ0v) is 14.7. The fraction of sp³-hybridized carbons (Fsp3) is 0.647. The monoisotopic (exact) mass is 356 g/mol. The van der Waals surface area contributed by atoms with Gasteiger partial charge in [0, 0.05) is 5.56 Å². The Morgan fingerprint density at radius 2 is 2.05 bits per heavy atom. The first kappa shape index (κ1) is 16.6. The Morgan fingerprint density at radius 1 is 1.29 bits per heavy atom. The normalized spacial score (nSPS) is 15.4. The van der Waals surface area contributed by atoms with E-state index in [0.717, 1.165) is 35.4 Å². The van der Waals surface area contributed by atoms with Crippen LogP contribution in [0.1, 0.15) is 51.0 Å². The molecule has 118 valence electrons. The molecule has 1 fully saturated rings. The minimum atomic E-state index is 0.345. The third kappa shape index (κ3) is 4.89. The van der Waals surface area contributed by atoms with Crippen molar-refractivity contribution in [1.82, 2.24) is 0 Å². The molecule has 4 heteroatoms. The average Bonchev–Trinajstić information content (AvgIpc) is 2.99. The maximum absolute atomic E-state index is 6.14. The zero-order chi connectivity index (χ0) is 15.1. The largest absolute Gasteiger partial charge is 0.493 e. The van der Waals surface area contributed by atoms with Crippen LogP contribution in [-0.4, -0.2) is 19.8 Å². The number of quaternary nitrogens is 1. The standard InChI is InChI=1S/C17H26BrNO2/c1-3-4-9-19-12-13-10-15(18)17(16(11-13)20-2)21-14-7-5-6-8-14/h10-11,14,19H,3-9,12H2,1-2H3/p+1. The molecule has 1 aliphatic rings. The molecule has 2 N–H and O–H groups in total. The van der Waals surface area contributed by atoms with Gasteiger partial charge < -0.3 is 14.8 Å². The molecule has 0 spiro atoms. The summed E-state index contributed by atoms with van der Waals surface area (Å²) < 4.78 is 12.7. The van der Waals surface area contributed by atoms with E-state index in [9.17, 15) is 0 Å². The van der Waals surface area contributed by atoms with Gasteiger partial charge in [-0.15, -0.1) is 0 Å². The average molecular weight is 357 g/mol. The maximum Gasteiger partial charge on any atom is 0.175 e. The number of methoxy groups -OCH3 is 1. The van der Waals surface area contributed by atoms with Gasteiger partial charge in [0.05, 0.1) is 24.2 Å². The highest BCUT2D eigenvalue weighted by molar-refractivity contribution is 9.10. The quantitative estimate of drug-likeness (QED) is 0.721. The molecule has 1 aliphatic carbocycles. The lowest BCUT2D eigenvalue weighted by Crippen LogP contribution is -2.82. The molecule has 0 aliphatic heterocycles. The lowest BCUT2D eigenvalue weighted by Gasteiger charge is -2.18. The van der Waals surface area contributed by atoms with E-state index in [4.69, 9.17) is 9.47 Å². The molecule has 0 atom stereocenters. The Hall–Kier alpha value is -0.740. The lowest BCUT2D eigenvalue weighted by molar-refractivity contribution is -0.670. The van der Waals surface area contributed by atoms with Crippen molar-refractivity contribution in [2.24, 2.45) is 0 Å². The van der Waals surface area contributed by atoms with E-state index in [1.165, 1.54) is 37.8 Å².